The van der Waals surface area contributed by atoms with Crippen LogP contribution in [-0.4, -0.2) is 58.7 Å². The Balaban J connectivity index is 1.47. The van der Waals surface area contributed by atoms with Crippen LogP contribution in [0.2, 0.25) is 0 Å². The quantitative estimate of drug-likeness (QED) is 0.788. The summed E-state index contributed by atoms with van der Waals surface area (Å²) in [4.78, 5) is 6.08. The second-order valence-corrected chi connectivity index (χ2v) is 8.18. The van der Waals surface area contributed by atoms with Crippen LogP contribution in [0.25, 0.3) is 0 Å². The Bertz CT molecular complexity index is 855. The normalized spacial score (nSPS) is 18.8. The lowest BCUT2D eigenvalue weighted by molar-refractivity contribution is 0.382. The van der Waals surface area contributed by atoms with Crippen LogP contribution in [0.5, 0.6) is 0 Å². The number of fused-ring (bicyclic) bond motifs is 1. The molecule has 0 aromatic carbocycles. The maximum atomic E-state index is 12.6. The molecule has 0 saturated carbocycles. The molecular weight excluding hydrogens is 328 g/mol. The van der Waals surface area contributed by atoms with Gasteiger partial charge in [-0.05, 0) is 30.9 Å². The minimum Gasteiger partial charge on any atom is -0.352 e. The van der Waals surface area contributed by atoms with Crippen LogP contribution in [0.4, 0.5) is 5.82 Å². The van der Waals surface area contributed by atoms with Gasteiger partial charge in [0.15, 0.2) is 10.8 Å². The highest BCUT2D eigenvalue weighted by Gasteiger charge is 2.30. The fourth-order valence-corrected chi connectivity index (χ4v) is 4.67. The molecule has 1 saturated heterocycles. The Hall–Kier alpha value is -2.00. The molecular formula is C15H20N6O2S. The van der Waals surface area contributed by atoms with Crippen LogP contribution in [-0.2, 0) is 29.9 Å². The van der Waals surface area contributed by atoms with E-state index in [1.807, 2.05) is 0 Å². The Morgan fingerprint density at radius 3 is 2.58 bits per heavy atom. The average molecular weight is 348 g/mol. The summed E-state index contributed by atoms with van der Waals surface area (Å²) in [5, 5.41) is 8.74. The number of rotatable bonds is 3. The number of hydrogen-bond donors (Lipinski definition) is 0. The van der Waals surface area contributed by atoms with Crippen LogP contribution in [0.15, 0.2) is 23.6 Å². The fraction of sp³-hybridized carbons (Fsp3) is 0.533. The van der Waals surface area contributed by atoms with Gasteiger partial charge in [0.05, 0.1) is 12.0 Å². The first-order valence-corrected chi connectivity index (χ1v) is 9.56. The summed E-state index contributed by atoms with van der Waals surface area (Å²) in [5.41, 5.74) is 2.39. The molecule has 3 heterocycles. The van der Waals surface area contributed by atoms with Crippen LogP contribution in [0.1, 0.15) is 17.7 Å². The average Bonchev–Trinajstić information content (AvgIpc) is 3.23. The lowest BCUT2D eigenvalue weighted by Crippen LogP contribution is -2.49. The SMILES string of the molecule is Cn1cnc(S(=O)(=O)N2CCN(c3cc4c(nn3)CCC4)CC2)c1. The van der Waals surface area contributed by atoms with Gasteiger partial charge in [-0.25, -0.2) is 13.4 Å². The summed E-state index contributed by atoms with van der Waals surface area (Å²) in [5.74, 6) is 0.852. The van der Waals surface area contributed by atoms with E-state index < -0.39 is 10.0 Å². The number of imidazole rings is 1. The maximum Gasteiger partial charge on any atom is 0.262 e. The van der Waals surface area contributed by atoms with E-state index in [9.17, 15) is 8.42 Å². The standard InChI is InChI=1S/C15H20N6O2S/c1-19-10-15(16-11-19)24(22,23)21-7-5-20(6-8-21)14-9-12-3-2-4-13(12)17-18-14/h9-11H,2-8H2,1H3. The van der Waals surface area contributed by atoms with Crippen LogP contribution in [0.3, 0.4) is 0 Å². The van der Waals surface area contributed by atoms with Gasteiger partial charge in [0.1, 0.15) is 0 Å². The first-order chi connectivity index (χ1) is 11.5. The van der Waals surface area contributed by atoms with Crippen molar-refractivity contribution in [1.29, 1.82) is 0 Å². The van der Waals surface area contributed by atoms with Crippen molar-refractivity contribution in [3.63, 3.8) is 0 Å². The number of nitrogens with zero attached hydrogens (tertiary/aromatic N) is 6. The minimum atomic E-state index is -3.52. The second kappa shape index (κ2) is 5.82. The number of sulfonamides is 1. The number of anilines is 1. The predicted octanol–water partition coefficient (Wildman–Crippen LogP) is 0.210. The van der Waals surface area contributed by atoms with E-state index in [1.54, 1.807) is 11.6 Å². The van der Waals surface area contributed by atoms with Gasteiger partial charge in [-0.2, -0.15) is 9.40 Å². The number of aryl methyl sites for hydroxylation is 3. The zero-order valence-corrected chi connectivity index (χ0v) is 14.4. The van der Waals surface area contributed by atoms with Gasteiger partial charge >= 0.3 is 0 Å². The third-order valence-electron chi connectivity index (χ3n) is 4.65. The van der Waals surface area contributed by atoms with Crippen LogP contribution >= 0.6 is 0 Å². The smallest absolute Gasteiger partial charge is 0.262 e. The summed E-state index contributed by atoms with van der Waals surface area (Å²) in [7, 11) is -1.76. The number of piperazine rings is 1. The Morgan fingerprint density at radius 2 is 1.88 bits per heavy atom. The first-order valence-electron chi connectivity index (χ1n) is 8.12. The van der Waals surface area contributed by atoms with Crippen molar-refractivity contribution in [2.24, 2.45) is 7.05 Å². The summed E-state index contributed by atoms with van der Waals surface area (Å²) in [6.07, 6.45) is 6.26. The Kier molecular flexibility index (Phi) is 3.76. The maximum absolute atomic E-state index is 12.6. The van der Waals surface area contributed by atoms with Crippen molar-refractivity contribution in [2.75, 3.05) is 31.1 Å². The third kappa shape index (κ3) is 2.67. The molecule has 2 aromatic rings. The molecule has 0 bridgehead atoms. The molecule has 0 spiro atoms. The highest BCUT2D eigenvalue weighted by Crippen LogP contribution is 2.24. The van der Waals surface area contributed by atoms with Gasteiger partial charge in [-0.15, -0.1) is 5.10 Å². The molecule has 0 N–H and O–H groups in total. The zero-order valence-electron chi connectivity index (χ0n) is 13.6. The summed E-state index contributed by atoms with van der Waals surface area (Å²) < 4.78 is 28.3. The highest BCUT2D eigenvalue weighted by atomic mass is 32.2. The molecule has 24 heavy (non-hydrogen) atoms. The van der Waals surface area contributed by atoms with Gasteiger partial charge in [0.2, 0.25) is 0 Å². The van der Waals surface area contributed by atoms with Gasteiger partial charge in [-0.3, -0.25) is 0 Å². The molecule has 0 unspecified atom stereocenters. The Labute approximate surface area is 141 Å². The van der Waals surface area contributed by atoms with Crippen molar-refractivity contribution < 1.29 is 8.42 Å². The van der Waals surface area contributed by atoms with E-state index in [1.165, 1.54) is 22.4 Å². The summed E-state index contributed by atoms with van der Waals surface area (Å²) >= 11 is 0. The molecule has 1 aliphatic heterocycles. The summed E-state index contributed by atoms with van der Waals surface area (Å²) in [6.45, 7) is 2.08. The molecule has 2 aliphatic rings. The second-order valence-electron chi connectivity index (χ2n) is 6.30. The lowest BCUT2D eigenvalue weighted by Gasteiger charge is -2.34. The monoisotopic (exact) mass is 348 g/mol. The van der Waals surface area contributed by atoms with Gasteiger partial charge in [0.25, 0.3) is 10.0 Å². The van der Waals surface area contributed by atoms with Gasteiger partial charge < -0.3 is 9.47 Å². The van der Waals surface area contributed by atoms with E-state index in [-0.39, 0.29) is 5.03 Å². The van der Waals surface area contributed by atoms with E-state index >= 15 is 0 Å². The minimum absolute atomic E-state index is 0.107. The van der Waals surface area contributed by atoms with E-state index in [4.69, 9.17) is 0 Å². The van der Waals surface area contributed by atoms with Crippen molar-refractivity contribution in [3.8, 4) is 0 Å². The molecule has 0 radical (unpaired) electrons. The topological polar surface area (TPSA) is 84.2 Å². The van der Waals surface area contributed by atoms with E-state index in [0.29, 0.717) is 26.2 Å². The number of aromatic nitrogens is 4. The molecule has 4 rings (SSSR count). The van der Waals surface area contributed by atoms with Crippen LogP contribution < -0.4 is 4.90 Å². The molecule has 0 amide bonds. The highest BCUT2D eigenvalue weighted by molar-refractivity contribution is 7.89. The third-order valence-corrected chi connectivity index (χ3v) is 6.44. The van der Waals surface area contributed by atoms with Crippen molar-refractivity contribution >= 4 is 15.8 Å². The molecule has 2 aromatic heterocycles. The van der Waals surface area contributed by atoms with E-state index in [0.717, 1.165) is 30.8 Å². The predicted molar refractivity (Wildman–Crippen MR) is 88.2 cm³/mol. The summed E-state index contributed by atoms with van der Waals surface area (Å²) in [6, 6.07) is 2.11. The van der Waals surface area contributed by atoms with Gasteiger partial charge in [-0.1, -0.05) is 0 Å². The van der Waals surface area contributed by atoms with Crippen LogP contribution in [0, 0.1) is 0 Å². The molecule has 128 valence electrons. The van der Waals surface area contributed by atoms with Gasteiger partial charge in [0, 0.05) is 39.4 Å². The largest absolute Gasteiger partial charge is 0.352 e. The molecule has 0 atom stereocenters. The zero-order chi connectivity index (χ0) is 16.7. The molecule has 8 nitrogen and oxygen atoms in total. The molecule has 9 heteroatoms. The fourth-order valence-electron chi connectivity index (χ4n) is 3.28. The first kappa shape index (κ1) is 15.5. The molecule has 1 fully saturated rings. The van der Waals surface area contributed by atoms with E-state index in [2.05, 4.69) is 26.1 Å². The van der Waals surface area contributed by atoms with Crippen molar-refractivity contribution in [2.45, 2.75) is 24.3 Å². The number of hydrogen-bond acceptors (Lipinski definition) is 6. The van der Waals surface area contributed by atoms with Crippen molar-refractivity contribution in [1.82, 2.24) is 24.1 Å². The lowest BCUT2D eigenvalue weighted by atomic mass is 10.2. The Morgan fingerprint density at radius 1 is 1.08 bits per heavy atom. The van der Waals surface area contributed by atoms with Crippen molar-refractivity contribution in [3.05, 3.63) is 29.8 Å². The molecule has 1 aliphatic carbocycles.